The third-order valence-corrected chi connectivity index (χ3v) is 6.09. The lowest BCUT2D eigenvalue weighted by Gasteiger charge is -2.35. The topological polar surface area (TPSA) is 98.6 Å². The molecule has 0 fully saturated rings. The number of amides is 2. The summed E-state index contributed by atoms with van der Waals surface area (Å²) in [5, 5.41) is 11.4. The first-order valence-corrected chi connectivity index (χ1v) is 12.3. The number of hydrogen-bond acceptors (Lipinski definition) is 6. The number of hydrogen-bond donors (Lipinski definition) is 1. The van der Waals surface area contributed by atoms with Crippen molar-refractivity contribution >= 4 is 28.5 Å². The molecule has 198 valence electrons. The smallest absolute Gasteiger partial charge is 0.249 e. The van der Waals surface area contributed by atoms with Gasteiger partial charge in [-0.2, -0.15) is 0 Å². The van der Waals surface area contributed by atoms with E-state index in [9.17, 15) is 9.59 Å². The number of carbonyl (C=O) groups excluding carboxylic acids is 2. The summed E-state index contributed by atoms with van der Waals surface area (Å²) in [4.78, 5) is 29.8. The van der Waals surface area contributed by atoms with Crippen molar-refractivity contribution in [3.8, 4) is 11.5 Å². The summed E-state index contributed by atoms with van der Waals surface area (Å²) in [5.74, 6) is 0.296. The highest BCUT2D eigenvalue weighted by Gasteiger charge is 2.37. The molecule has 4 aromatic rings. The largest absolute Gasteiger partial charge is 0.497 e. The number of fused-ring (bicyclic) bond motifs is 1. The van der Waals surface area contributed by atoms with Crippen molar-refractivity contribution < 1.29 is 19.1 Å². The Labute approximate surface area is 222 Å². The fourth-order valence-corrected chi connectivity index (χ4v) is 4.38. The van der Waals surface area contributed by atoms with Crippen LogP contribution in [0.25, 0.3) is 11.0 Å². The first kappa shape index (κ1) is 26.7. The minimum absolute atomic E-state index is 0.125. The maximum atomic E-state index is 14.2. The van der Waals surface area contributed by atoms with Gasteiger partial charge in [-0.25, -0.2) is 4.68 Å². The number of methoxy groups -OCH3 is 2. The number of para-hydroxylation sites is 2. The summed E-state index contributed by atoms with van der Waals surface area (Å²) in [7, 11) is 3.08. The second kappa shape index (κ2) is 10.9. The van der Waals surface area contributed by atoms with Gasteiger partial charge >= 0.3 is 0 Å². The van der Waals surface area contributed by atoms with Crippen LogP contribution >= 0.6 is 0 Å². The number of aromatic nitrogens is 3. The summed E-state index contributed by atoms with van der Waals surface area (Å²) in [5.41, 5.74) is 2.78. The van der Waals surface area contributed by atoms with Gasteiger partial charge in [-0.3, -0.25) is 14.5 Å². The predicted octanol–water partition coefficient (Wildman–Crippen LogP) is 4.45. The summed E-state index contributed by atoms with van der Waals surface area (Å²) < 4.78 is 12.7. The Morgan fingerprint density at radius 1 is 1.00 bits per heavy atom. The first-order valence-electron chi connectivity index (χ1n) is 12.3. The van der Waals surface area contributed by atoms with Crippen LogP contribution < -0.4 is 19.7 Å². The third-order valence-electron chi connectivity index (χ3n) is 6.09. The van der Waals surface area contributed by atoms with Crippen molar-refractivity contribution in [1.82, 2.24) is 20.3 Å². The van der Waals surface area contributed by atoms with Crippen molar-refractivity contribution in [2.24, 2.45) is 0 Å². The average Bonchev–Trinajstić information content (AvgIpc) is 3.29. The molecule has 0 spiro atoms. The second-order valence-electron chi connectivity index (χ2n) is 10.0. The minimum atomic E-state index is -1.07. The number of anilines is 1. The molecule has 1 heterocycles. The number of nitrogens with zero attached hydrogens (tertiary/aromatic N) is 4. The Morgan fingerprint density at radius 3 is 2.39 bits per heavy atom. The number of rotatable bonds is 8. The standard InChI is InChI=1S/C29H33N5O4/c1-19-11-7-9-13-23(19)34(26(35)18-33-24-14-10-8-12-22(24)31-32-33)27(28(36)30-29(2,3)4)21-17-20(37-5)15-16-25(21)38-6/h7-17,27H,18H2,1-6H3,(H,30,36). The first-order chi connectivity index (χ1) is 18.1. The molecule has 3 aromatic carbocycles. The van der Waals surface area contributed by atoms with Crippen molar-refractivity contribution in [2.75, 3.05) is 19.1 Å². The van der Waals surface area contributed by atoms with E-state index >= 15 is 0 Å². The number of benzene rings is 3. The molecule has 4 rings (SSSR count). The van der Waals surface area contributed by atoms with E-state index in [1.807, 2.05) is 76.2 Å². The van der Waals surface area contributed by atoms with E-state index in [1.165, 1.54) is 12.0 Å². The van der Waals surface area contributed by atoms with Crippen LogP contribution in [0.2, 0.25) is 0 Å². The van der Waals surface area contributed by atoms with Gasteiger partial charge in [-0.05, 0) is 69.7 Å². The highest BCUT2D eigenvalue weighted by atomic mass is 16.5. The Morgan fingerprint density at radius 2 is 1.71 bits per heavy atom. The summed E-state index contributed by atoms with van der Waals surface area (Å²) in [6.07, 6.45) is 0. The monoisotopic (exact) mass is 515 g/mol. The zero-order chi connectivity index (χ0) is 27.4. The lowest BCUT2D eigenvalue weighted by Crippen LogP contribution is -2.50. The highest BCUT2D eigenvalue weighted by molar-refractivity contribution is 6.02. The molecule has 1 N–H and O–H groups in total. The van der Waals surface area contributed by atoms with Crippen LogP contribution in [0.5, 0.6) is 11.5 Å². The van der Waals surface area contributed by atoms with E-state index < -0.39 is 11.6 Å². The normalized spacial score (nSPS) is 12.2. The van der Waals surface area contributed by atoms with Gasteiger partial charge in [-0.1, -0.05) is 35.5 Å². The SMILES string of the molecule is COc1ccc(OC)c(C(C(=O)NC(C)(C)C)N(C(=O)Cn2nnc3ccccc32)c2ccccc2C)c1. The van der Waals surface area contributed by atoms with Crippen LogP contribution in [0.1, 0.15) is 37.9 Å². The Bertz CT molecular complexity index is 1460. The Balaban J connectivity index is 1.91. The number of ether oxygens (including phenoxy) is 2. The molecule has 9 heteroatoms. The van der Waals surface area contributed by atoms with E-state index in [0.717, 1.165) is 11.1 Å². The molecule has 38 heavy (non-hydrogen) atoms. The molecule has 0 aliphatic heterocycles. The molecule has 2 amide bonds. The molecule has 0 bridgehead atoms. The summed E-state index contributed by atoms with van der Waals surface area (Å²) >= 11 is 0. The van der Waals surface area contributed by atoms with Gasteiger partial charge in [0.1, 0.15) is 29.6 Å². The van der Waals surface area contributed by atoms with Gasteiger partial charge in [0, 0.05) is 16.8 Å². The van der Waals surface area contributed by atoms with Crippen LogP contribution in [-0.4, -0.2) is 46.6 Å². The van der Waals surface area contributed by atoms with Crippen LogP contribution in [0.3, 0.4) is 0 Å². The van der Waals surface area contributed by atoms with Crippen LogP contribution in [-0.2, 0) is 16.1 Å². The maximum absolute atomic E-state index is 14.2. The Kier molecular flexibility index (Phi) is 7.66. The lowest BCUT2D eigenvalue weighted by atomic mass is 9.98. The quantitative estimate of drug-likeness (QED) is 0.372. The van der Waals surface area contributed by atoms with Crippen molar-refractivity contribution in [2.45, 2.75) is 45.8 Å². The molecule has 0 radical (unpaired) electrons. The van der Waals surface area contributed by atoms with Gasteiger partial charge < -0.3 is 14.8 Å². The zero-order valence-corrected chi connectivity index (χ0v) is 22.6. The molecule has 0 aliphatic carbocycles. The van der Waals surface area contributed by atoms with Gasteiger partial charge in [0.15, 0.2) is 0 Å². The average molecular weight is 516 g/mol. The molecular weight excluding hydrogens is 482 g/mol. The predicted molar refractivity (Wildman–Crippen MR) is 146 cm³/mol. The molecular formula is C29H33N5O4. The van der Waals surface area contributed by atoms with Gasteiger partial charge in [0.25, 0.3) is 0 Å². The molecule has 0 aliphatic rings. The van der Waals surface area contributed by atoms with Gasteiger partial charge in [0.05, 0.1) is 19.7 Å². The summed E-state index contributed by atoms with van der Waals surface area (Å²) in [6, 6.07) is 19.0. The van der Waals surface area contributed by atoms with Crippen molar-refractivity contribution in [3.63, 3.8) is 0 Å². The van der Waals surface area contributed by atoms with Crippen molar-refractivity contribution in [3.05, 3.63) is 77.9 Å². The molecule has 0 saturated carbocycles. The van der Waals surface area contributed by atoms with Gasteiger partial charge in [-0.15, -0.1) is 5.10 Å². The van der Waals surface area contributed by atoms with Crippen molar-refractivity contribution in [1.29, 1.82) is 0 Å². The second-order valence-corrected chi connectivity index (χ2v) is 10.0. The zero-order valence-electron chi connectivity index (χ0n) is 22.6. The minimum Gasteiger partial charge on any atom is -0.497 e. The molecule has 1 aromatic heterocycles. The molecule has 0 saturated heterocycles. The molecule has 1 unspecified atom stereocenters. The third kappa shape index (κ3) is 5.61. The van der Waals surface area contributed by atoms with E-state index in [2.05, 4.69) is 15.6 Å². The van der Waals surface area contributed by atoms with E-state index in [1.54, 1.807) is 30.0 Å². The van der Waals surface area contributed by atoms with E-state index in [0.29, 0.717) is 28.3 Å². The maximum Gasteiger partial charge on any atom is 0.249 e. The highest BCUT2D eigenvalue weighted by Crippen LogP contribution is 2.37. The molecule has 9 nitrogen and oxygen atoms in total. The van der Waals surface area contributed by atoms with E-state index in [-0.39, 0.29) is 18.4 Å². The molecule has 1 atom stereocenters. The number of nitrogens with one attached hydrogen (secondary N) is 1. The van der Waals surface area contributed by atoms with Gasteiger partial charge in [0.2, 0.25) is 11.8 Å². The Hall–Kier alpha value is -4.40. The van der Waals surface area contributed by atoms with Crippen LogP contribution in [0.15, 0.2) is 66.7 Å². The van der Waals surface area contributed by atoms with Crippen LogP contribution in [0.4, 0.5) is 5.69 Å². The van der Waals surface area contributed by atoms with Crippen LogP contribution in [0, 0.1) is 6.92 Å². The van der Waals surface area contributed by atoms with E-state index in [4.69, 9.17) is 9.47 Å². The number of carbonyl (C=O) groups is 2. The summed E-state index contributed by atoms with van der Waals surface area (Å²) in [6.45, 7) is 7.47. The fraction of sp³-hybridized carbons (Fsp3) is 0.310. The fourth-order valence-electron chi connectivity index (χ4n) is 4.38. The number of aryl methyl sites for hydroxylation is 1. The lowest BCUT2D eigenvalue weighted by molar-refractivity contribution is -0.128.